The van der Waals surface area contributed by atoms with Gasteiger partial charge in [-0.1, -0.05) is 24.3 Å². The minimum atomic E-state index is 0.0736. The number of aliphatic hydroxyl groups excluding tert-OH is 1. The maximum Gasteiger partial charge on any atom is 0.230 e. The van der Waals surface area contributed by atoms with Gasteiger partial charge < -0.3 is 10.4 Å². The van der Waals surface area contributed by atoms with Crippen LogP contribution in [0.5, 0.6) is 0 Å². The molecule has 1 rings (SSSR count). The molecule has 0 radical (unpaired) electrons. The predicted octanol–water partition coefficient (Wildman–Crippen LogP) is 1.94. The minimum absolute atomic E-state index is 0.0736. The summed E-state index contributed by atoms with van der Waals surface area (Å²) in [5.41, 5.74) is 2.08. The minimum Gasteiger partial charge on any atom is -0.392 e. The highest BCUT2D eigenvalue weighted by atomic mass is 32.2. The van der Waals surface area contributed by atoms with E-state index in [1.807, 2.05) is 38.1 Å². The molecular weight excluding hydrogens is 234 g/mol. The van der Waals surface area contributed by atoms with Crippen molar-refractivity contribution in [2.24, 2.45) is 0 Å². The van der Waals surface area contributed by atoms with Crippen molar-refractivity contribution in [3.05, 3.63) is 35.4 Å². The molecule has 0 saturated carbocycles. The van der Waals surface area contributed by atoms with Gasteiger partial charge in [0.25, 0.3) is 0 Å². The monoisotopic (exact) mass is 253 g/mol. The van der Waals surface area contributed by atoms with Gasteiger partial charge in [-0.3, -0.25) is 4.79 Å². The lowest BCUT2D eigenvalue weighted by Crippen LogP contribution is -2.31. The van der Waals surface area contributed by atoms with Crippen molar-refractivity contribution in [1.82, 2.24) is 5.32 Å². The number of benzene rings is 1. The Morgan fingerprint density at radius 1 is 1.29 bits per heavy atom. The van der Waals surface area contributed by atoms with Gasteiger partial charge in [0.1, 0.15) is 0 Å². The number of aliphatic hydroxyl groups is 1. The molecule has 0 aliphatic heterocycles. The van der Waals surface area contributed by atoms with Crippen LogP contribution in [0, 0.1) is 0 Å². The summed E-state index contributed by atoms with van der Waals surface area (Å²) in [7, 11) is 0. The van der Waals surface area contributed by atoms with Crippen LogP contribution in [0.2, 0.25) is 0 Å². The highest BCUT2D eigenvalue weighted by Gasteiger charge is 2.03. The van der Waals surface area contributed by atoms with E-state index in [1.165, 1.54) is 5.56 Å². The first-order valence-corrected chi connectivity index (χ1v) is 6.83. The molecule has 0 atom stereocenters. The van der Waals surface area contributed by atoms with Gasteiger partial charge >= 0.3 is 0 Å². The molecule has 94 valence electrons. The second-order valence-corrected chi connectivity index (χ2v) is 5.18. The third-order valence-corrected chi connectivity index (χ3v) is 3.16. The van der Waals surface area contributed by atoms with Crippen molar-refractivity contribution in [2.75, 3.05) is 5.75 Å². The molecule has 4 heteroatoms. The SMILES string of the molecule is CC(C)NC(=O)CSCc1ccc(CO)cc1. The van der Waals surface area contributed by atoms with E-state index < -0.39 is 0 Å². The van der Waals surface area contributed by atoms with E-state index in [1.54, 1.807) is 11.8 Å². The molecule has 0 heterocycles. The topological polar surface area (TPSA) is 49.3 Å². The number of rotatable bonds is 6. The number of thioether (sulfide) groups is 1. The quantitative estimate of drug-likeness (QED) is 0.814. The summed E-state index contributed by atoms with van der Waals surface area (Å²) in [5.74, 6) is 1.38. The average Bonchev–Trinajstić information content (AvgIpc) is 2.29. The van der Waals surface area contributed by atoms with Gasteiger partial charge in [0.2, 0.25) is 5.91 Å². The lowest BCUT2D eigenvalue weighted by Gasteiger charge is -2.08. The van der Waals surface area contributed by atoms with Gasteiger partial charge in [0.05, 0.1) is 12.4 Å². The van der Waals surface area contributed by atoms with Crippen molar-refractivity contribution in [2.45, 2.75) is 32.2 Å². The second kappa shape index (κ2) is 7.35. The molecule has 0 aliphatic rings. The largest absolute Gasteiger partial charge is 0.392 e. The van der Waals surface area contributed by atoms with E-state index in [2.05, 4.69) is 5.32 Å². The highest BCUT2D eigenvalue weighted by Crippen LogP contribution is 2.13. The number of carbonyl (C=O) groups excluding carboxylic acids is 1. The zero-order valence-electron chi connectivity index (χ0n) is 10.3. The number of amides is 1. The third-order valence-electron chi connectivity index (χ3n) is 2.16. The fraction of sp³-hybridized carbons (Fsp3) is 0.462. The van der Waals surface area contributed by atoms with E-state index >= 15 is 0 Å². The van der Waals surface area contributed by atoms with Crippen molar-refractivity contribution in [1.29, 1.82) is 0 Å². The fourth-order valence-electron chi connectivity index (χ4n) is 1.37. The van der Waals surface area contributed by atoms with Crippen LogP contribution in [0.25, 0.3) is 0 Å². The number of nitrogens with one attached hydrogen (secondary N) is 1. The van der Waals surface area contributed by atoms with Gasteiger partial charge in [-0.05, 0) is 25.0 Å². The van der Waals surface area contributed by atoms with Crippen molar-refractivity contribution in [3.63, 3.8) is 0 Å². The van der Waals surface area contributed by atoms with Crippen LogP contribution in [0.15, 0.2) is 24.3 Å². The molecule has 0 fully saturated rings. The molecule has 1 amide bonds. The van der Waals surface area contributed by atoms with E-state index in [0.717, 1.165) is 11.3 Å². The Labute approximate surface area is 107 Å². The fourth-order valence-corrected chi connectivity index (χ4v) is 2.17. The zero-order chi connectivity index (χ0) is 12.7. The van der Waals surface area contributed by atoms with Crippen molar-refractivity contribution >= 4 is 17.7 Å². The van der Waals surface area contributed by atoms with Crippen LogP contribution in [-0.4, -0.2) is 22.8 Å². The summed E-state index contributed by atoms with van der Waals surface area (Å²) in [6, 6.07) is 7.98. The molecule has 1 aromatic rings. The van der Waals surface area contributed by atoms with Crippen molar-refractivity contribution < 1.29 is 9.90 Å². The van der Waals surface area contributed by atoms with Gasteiger partial charge in [0.15, 0.2) is 0 Å². The van der Waals surface area contributed by atoms with Crippen LogP contribution in [-0.2, 0) is 17.2 Å². The van der Waals surface area contributed by atoms with Gasteiger partial charge in [-0.2, -0.15) is 0 Å². The molecular formula is C13H19NO2S. The standard InChI is InChI=1S/C13H19NO2S/c1-10(2)14-13(16)9-17-8-12-5-3-11(7-15)4-6-12/h3-6,10,15H,7-9H2,1-2H3,(H,14,16). The molecule has 17 heavy (non-hydrogen) atoms. The Kier molecular flexibility index (Phi) is 6.08. The molecule has 1 aromatic carbocycles. The molecule has 3 nitrogen and oxygen atoms in total. The maximum atomic E-state index is 11.4. The molecule has 0 saturated heterocycles. The Bertz CT molecular complexity index is 349. The van der Waals surface area contributed by atoms with Gasteiger partial charge in [-0.15, -0.1) is 11.8 Å². The molecule has 0 bridgehead atoms. The van der Waals surface area contributed by atoms with Crippen LogP contribution in [0.4, 0.5) is 0 Å². The first kappa shape index (κ1) is 14.1. The van der Waals surface area contributed by atoms with Crippen LogP contribution in [0.3, 0.4) is 0 Å². The lowest BCUT2D eigenvalue weighted by atomic mass is 10.2. The van der Waals surface area contributed by atoms with Crippen LogP contribution in [0.1, 0.15) is 25.0 Å². The average molecular weight is 253 g/mol. The van der Waals surface area contributed by atoms with Crippen LogP contribution >= 0.6 is 11.8 Å². The first-order chi connectivity index (χ1) is 8.11. The molecule has 0 aliphatic carbocycles. The van der Waals surface area contributed by atoms with Gasteiger partial charge in [0, 0.05) is 11.8 Å². The molecule has 0 aromatic heterocycles. The summed E-state index contributed by atoms with van der Waals surface area (Å²) >= 11 is 1.60. The summed E-state index contributed by atoms with van der Waals surface area (Å²) in [6.45, 7) is 3.98. The summed E-state index contributed by atoms with van der Waals surface area (Å²) in [6.07, 6.45) is 0. The summed E-state index contributed by atoms with van der Waals surface area (Å²) in [5, 5.41) is 11.8. The normalized spacial score (nSPS) is 10.6. The third kappa shape index (κ3) is 5.75. The zero-order valence-corrected chi connectivity index (χ0v) is 11.1. The van der Waals surface area contributed by atoms with Crippen LogP contribution < -0.4 is 5.32 Å². The number of hydrogen-bond donors (Lipinski definition) is 2. The first-order valence-electron chi connectivity index (χ1n) is 5.67. The lowest BCUT2D eigenvalue weighted by molar-refractivity contribution is -0.119. The molecule has 0 spiro atoms. The Morgan fingerprint density at radius 3 is 2.41 bits per heavy atom. The predicted molar refractivity (Wildman–Crippen MR) is 71.8 cm³/mol. The molecule has 0 unspecified atom stereocenters. The van der Waals surface area contributed by atoms with E-state index in [-0.39, 0.29) is 18.6 Å². The highest BCUT2D eigenvalue weighted by molar-refractivity contribution is 7.99. The molecule has 2 N–H and O–H groups in total. The van der Waals surface area contributed by atoms with E-state index in [0.29, 0.717) is 5.75 Å². The Morgan fingerprint density at radius 2 is 1.88 bits per heavy atom. The number of hydrogen-bond acceptors (Lipinski definition) is 3. The smallest absolute Gasteiger partial charge is 0.230 e. The number of carbonyl (C=O) groups is 1. The van der Waals surface area contributed by atoms with Gasteiger partial charge in [-0.25, -0.2) is 0 Å². The Hall–Kier alpha value is -1.00. The Balaban J connectivity index is 2.28. The maximum absolute atomic E-state index is 11.4. The van der Waals surface area contributed by atoms with Crippen molar-refractivity contribution in [3.8, 4) is 0 Å². The second-order valence-electron chi connectivity index (χ2n) is 4.19. The summed E-state index contributed by atoms with van der Waals surface area (Å²) in [4.78, 5) is 11.4. The summed E-state index contributed by atoms with van der Waals surface area (Å²) < 4.78 is 0. The van der Waals surface area contributed by atoms with E-state index in [4.69, 9.17) is 5.11 Å². The van der Waals surface area contributed by atoms with E-state index in [9.17, 15) is 4.79 Å².